The molecule has 0 radical (unpaired) electrons. The minimum atomic E-state index is 0.471. The fraction of sp³-hybridized carbons (Fsp3) is 0.292. The third kappa shape index (κ3) is 2.79. The van der Waals surface area contributed by atoms with Gasteiger partial charge < -0.3 is 15.8 Å². The molecule has 2 fully saturated rings. The second-order valence-electron chi connectivity index (χ2n) is 8.42. The molecule has 6 nitrogen and oxygen atoms in total. The Morgan fingerprint density at radius 3 is 2.33 bits per heavy atom. The predicted molar refractivity (Wildman–Crippen MR) is 115 cm³/mol. The number of fused-ring (bicyclic) bond motifs is 2. The van der Waals surface area contributed by atoms with Gasteiger partial charge >= 0.3 is 5.82 Å². The molecule has 1 aromatic heterocycles. The Hall–Kier alpha value is -3.25. The average Bonchev–Trinajstić information content (AvgIpc) is 3.34. The molecule has 150 valence electrons. The number of nitrogens with two attached hydrogens (primary N) is 1. The summed E-state index contributed by atoms with van der Waals surface area (Å²) in [5, 5.41) is 3.53. The summed E-state index contributed by atoms with van der Waals surface area (Å²) in [5.74, 6) is 4.70. The molecule has 1 saturated carbocycles. The summed E-state index contributed by atoms with van der Waals surface area (Å²) in [6.07, 6.45) is 3.96. The van der Waals surface area contributed by atoms with E-state index in [9.17, 15) is 0 Å². The van der Waals surface area contributed by atoms with Crippen molar-refractivity contribution in [3.05, 3.63) is 72.1 Å². The molecule has 0 spiro atoms. The molecule has 3 aromatic rings. The number of nitrogens with one attached hydrogen (secondary N) is 1. The van der Waals surface area contributed by atoms with Crippen LogP contribution in [0.3, 0.4) is 0 Å². The number of nitrogens with zero attached hydrogens (tertiary/aromatic N) is 3. The number of rotatable bonds is 4. The first-order valence-electron chi connectivity index (χ1n) is 10.6. The van der Waals surface area contributed by atoms with Crippen LogP contribution in [-0.2, 0) is 0 Å². The van der Waals surface area contributed by atoms with E-state index in [1.807, 2.05) is 42.5 Å². The van der Waals surface area contributed by atoms with Crippen LogP contribution in [0.25, 0.3) is 0 Å². The second-order valence-corrected chi connectivity index (χ2v) is 8.42. The number of aromatic nitrogens is 2. The molecular formula is C24H24N5O+. The van der Waals surface area contributed by atoms with Gasteiger partial charge in [0.2, 0.25) is 6.33 Å². The van der Waals surface area contributed by atoms with E-state index < -0.39 is 0 Å². The number of ether oxygens (including phenoxy) is 1. The van der Waals surface area contributed by atoms with Crippen LogP contribution in [0, 0.1) is 11.8 Å². The van der Waals surface area contributed by atoms with Crippen LogP contribution in [0.4, 0.5) is 11.6 Å². The van der Waals surface area contributed by atoms with E-state index in [1.54, 1.807) is 6.33 Å². The quantitative estimate of drug-likeness (QED) is 0.659. The Kier molecular flexibility index (Phi) is 4.06. The van der Waals surface area contributed by atoms with Crippen molar-refractivity contribution in [1.29, 1.82) is 0 Å². The lowest BCUT2D eigenvalue weighted by Gasteiger charge is -2.26. The number of anilines is 1. The van der Waals surface area contributed by atoms with Gasteiger partial charge in [0.1, 0.15) is 23.4 Å². The van der Waals surface area contributed by atoms with Gasteiger partial charge in [0.15, 0.2) is 11.3 Å². The summed E-state index contributed by atoms with van der Waals surface area (Å²) < 4.78 is 8.36. The van der Waals surface area contributed by atoms with Crippen LogP contribution in [0.15, 0.2) is 60.9 Å². The van der Waals surface area contributed by atoms with E-state index in [-0.39, 0.29) is 0 Å². The molecule has 30 heavy (non-hydrogen) atoms. The lowest BCUT2D eigenvalue weighted by molar-refractivity contribution is -0.498. The number of hydrogen-bond donors (Lipinski definition) is 2. The van der Waals surface area contributed by atoms with Crippen molar-refractivity contribution in [2.75, 3.05) is 18.8 Å². The molecule has 0 bridgehead atoms. The molecule has 1 aliphatic carbocycles. The zero-order valence-corrected chi connectivity index (χ0v) is 16.7. The number of hydrogen-bond acceptors (Lipinski definition) is 5. The van der Waals surface area contributed by atoms with E-state index in [0.717, 1.165) is 59.1 Å². The Balaban J connectivity index is 1.34. The van der Waals surface area contributed by atoms with E-state index in [0.29, 0.717) is 11.9 Å². The van der Waals surface area contributed by atoms with Gasteiger partial charge in [-0.15, -0.1) is 0 Å². The average molecular weight is 398 g/mol. The maximum absolute atomic E-state index is 6.25. The first kappa shape index (κ1) is 17.6. The largest absolute Gasteiger partial charge is 0.457 e. The van der Waals surface area contributed by atoms with E-state index >= 15 is 0 Å². The Morgan fingerprint density at radius 2 is 1.60 bits per heavy atom. The van der Waals surface area contributed by atoms with Crippen molar-refractivity contribution in [3.63, 3.8) is 0 Å². The van der Waals surface area contributed by atoms with Crippen molar-refractivity contribution >= 4 is 17.3 Å². The van der Waals surface area contributed by atoms with Gasteiger partial charge in [-0.1, -0.05) is 18.2 Å². The SMILES string of the molecule is Nc1ncnc2c1C(c1ccc(Oc3ccccc3)cc1)=[N+]2C1CC2CNCC2C1. The second kappa shape index (κ2) is 6.92. The van der Waals surface area contributed by atoms with Crippen LogP contribution in [-0.4, -0.2) is 39.4 Å². The molecule has 2 aliphatic heterocycles. The van der Waals surface area contributed by atoms with Crippen molar-refractivity contribution in [3.8, 4) is 11.5 Å². The summed E-state index contributed by atoms with van der Waals surface area (Å²) in [5.41, 5.74) is 9.50. The maximum Gasteiger partial charge on any atom is 0.341 e. The highest BCUT2D eigenvalue weighted by atomic mass is 16.5. The summed E-state index contributed by atoms with van der Waals surface area (Å²) in [7, 11) is 0. The molecule has 1 saturated heterocycles. The topological polar surface area (TPSA) is 76.1 Å². The predicted octanol–water partition coefficient (Wildman–Crippen LogP) is 3.34. The van der Waals surface area contributed by atoms with Gasteiger partial charge in [-0.2, -0.15) is 4.98 Å². The number of benzene rings is 2. The van der Waals surface area contributed by atoms with Gasteiger partial charge in [0.25, 0.3) is 0 Å². The highest BCUT2D eigenvalue weighted by Gasteiger charge is 2.48. The fourth-order valence-corrected chi connectivity index (χ4v) is 5.26. The number of para-hydroxylation sites is 1. The van der Waals surface area contributed by atoms with E-state index in [1.165, 1.54) is 12.8 Å². The normalized spacial score (nSPS) is 24.3. The Labute approximate surface area is 175 Å². The van der Waals surface area contributed by atoms with Crippen molar-refractivity contribution < 1.29 is 9.31 Å². The molecule has 2 aromatic carbocycles. The fourth-order valence-electron chi connectivity index (χ4n) is 5.26. The molecule has 2 unspecified atom stereocenters. The lowest BCUT2D eigenvalue weighted by atomic mass is 9.94. The molecule has 2 atom stereocenters. The lowest BCUT2D eigenvalue weighted by Crippen LogP contribution is -2.38. The zero-order valence-electron chi connectivity index (χ0n) is 16.7. The highest BCUT2D eigenvalue weighted by Crippen LogP contribution is 2.43. The summed E-state index contributed by atoms with van der Waals surface area (Å²) in [6, 6.07) is 18.5. The summed E-state index contributed by atoms with van der Waals surface area (Å²) in [6.45, 7) is 2.27. The zero-order chi connectivity index (χ0) is 20.1. The van der Waals surface area contributed by atoms with E-state index in [2.05, 4.69) is 32.0 Å². The first-order valence-corrected chi connectivity index (χ1v) is 10.6. The van der Waals surface area contributed by atoms with Gasteiger partial charge in [0, 0.05) is 5.56 Å². The highest BCUT2D eigenvalue weighted by molar-refractivity contribution is 6.18. The number of nitrogen functional groups attached to an aromatic ring is 1. The van der Waals surface area contributed by atoms with Gasteiger partial charge in [0.05, 0.1) is 0 Å². The van der Waals surface area contributed by atoms with Crippen LogP contribution >= 0.6 is 0 Å². The van der Waals surface area contributed by atoms with Gasteiger partial charge in [-0.05, 0) is 79.1 Å². The van der Waals surface area contributed by atoms with Crippen molar-refractivity contribution in [2.45, 2.75) is 18.9 Å². The summed E-state index contributed by atoms with van der Waals surface area (Å²) >= 11 is 0. The van der Waals surface area contributed by atoms with Gasteiger partial charge in [-0.25, -0.2) is 4.58 Å². The van der Waals surface area contributed by atoms with Crippen molar-refractivity contribution in [1.82, 2.24) is 15.3 Å². The minimum Gasteiger partial charge on any atom is -0.457 e. The molecule has 3 heterocycles. The van der Waals surface area contributed by atoms with Crippen LogP contribution in [0.5, 0.6) is 11.5 Å². The molecule has 3 N–H and O–H groups in total. The Morgan fingerprint density at radius 1 is 0.900 bits per heavy atom. The third-order valence-corrected chi connectivity index (χ3v) is 6.66. The van der Waals surface area contributed by atoms with Crippen LogP contribution in [0.1, 0.15) is 24.0 Å². The molecule has 0 amide bonds. The standard InChI is InChI=1S/C24H23N5O/c25-23-21-22(15-6-8-20(9-7-15)30-19-4-2-1-3-5-19)29(24(21)28-14-27-23)18-10-16-12-26-13-17(16)11-18/h1-9,14,16-18,25-26H,10-13H2/p+1. The van der Waals surface area contributed by atoms with Gasteiger partial charge in [-0.3, -0.25) is 0 Å². The maximum atomic E-state index is 6.25. The van der Waals surface area contributed by atoms with Crippen molar-refractivity contribution in [2.24, 2.45) is 11.8 Å². The Bertz CT molecular complexity index is 1110. The van der Waals surface area contributed by atoms with Crippen LogP contribution < -0.4 is 15.8 Å². The monoisotopic (exact) mass is 398 g/mol. The molecule has 6 heteroatoms. The minimum absolute atomic E-state index is 0.471. The first-order chi connectivity index (χ1) is 14.8. The van der Waals surface area contributed by atoms with E-state index in [4.69, 9.17) is 10.5 Å². The third-order valence-electron chi connectivity index (χ3n) is 6.66. The smallest absolute Gasteiger partial charge is 0.341 e. The molecule has 3 aliphatic rings. The summed E-state index contributed by atoms with van der Waals surface area (Å²) in [4.78, 5) is 8.81. The molecular weight excluding hydrogens is 374 g/mol. The van der Waals surface area contributed by atoms with Crippen LogP contribution in [0.2, 0.25) is 0 Å². The molecule has 6 rings (SSSR count).